The number of amides is 1. The van der Waals surface area contributed by atoms with Crippen molar-refractivity contribution in [2.75, 3.05) is 5.32 Å². The number of hydrogen-bond donors (Lipinski definition) is 1. The second kappa shape index (κ2) is 7.39. The molecule has 1 amide bonds. The van der Waals surface area contributed by atoms with Crippen molar-refractivity contribution in [3.05, 3.63) is 65.5 Å². The summed E-state index contributed by atoms with van der Waals surface area (Å²) in [6.45, 7) is 4.19. The standard InChI is InChI=1S/C18H20N2O/c1-3-15-8-5-9-16(4-2)18(15)20-17(21)11-10-14-7-6-12-19-13-14/h5-13H,3-4H2,1-2H3,(H,20,21)/b11-10+. The molecule has 0 atom stereocenters. The van der Waals surface area contributed by atoms with Crippen molar-refractivity contribution in [2.24, 2.45) is 0 Å². The first-order valence-electron chi connectivity index (χ1n) is 7.24. The summed E-state index contributed by atoms with van der Waals surface area (Å²) in [5.74, 6) is -0.116. The van der Waals surface area contributed by atoms with Crippen molar-refractivity contribution in [1.82, 2.24) is 4.98 Å². The highest BCUT2D eigenvalue weighted by Gasteiger charge is 2.07. The highest BCUT2D eigenvalue weighted by molar-refractivity contribution is 6.02. The van der Waals surface area contributed by atoms with E-state index in [1.165, 1.54) is 0 Å². The molecule has 0 saturated heterocycles. The summed E-state index contributed by atoms with van der Waals surface area (Å²) >= 11 is 0. The quantitative estimate of drug-likeness (QED) is 0.845. The van der Waals surface area contributed by atoms with E-state index in [4.69, 9.17) is 0 Å². The van der Waals surface area contributed by atoms with Crippen LogP contribution < -0.4 is 5.32 Å². The molecule has 1 N–H and O–H groups in total. The van der Waals surface area contributed by atoms with Crippen LogP contribution in [0.2, 0.25) is 0 Å². The number of benzene rings is 1. The predicted octanol–water partition coefficient (Wildman–Crippen LogP) is 3.86. The molecule has 3 heteroatoms. The van der Waals surface area contributed by atoms with Crippen LogP contribution in [0, 0.1) is 0 Å². The van der Waals surface area contributed by atoms with Crippen LogP contribution in [-0.4, -0.2) is 10.9 Å². The maximum atomic E-state index is 12.1. The molecule has 0 unspecified atom stereocenters. The largest absolute Gasteiger partial charge is 0.322 e. The summed E-state index contributed by atoms with van der Waals surface area (Å²) in [6, 6.07) is 9.91. The second-order valence-corrected chi connectivity index (χ2v) is 4.77. The van der Waals surface area contributed by atoms with Crippen LogP contribution in [0.1, 0.15) is 30.5 Å². The van der Waals surface area contributed by atoms with Gasteiger partial charge in [0.1, 0.15) is 0 Å². The van der Waals surface area contributed by atoms with Crippen molar-refractivity contribution < 1.29 is 4.79 Å². The molecule has 1 aromatic heterocycles. The van der Waals surface area contributed by atoms with Crippen molar-refractivity contribution in [2.45, 2.75) is 26.7 Å². The van der Waals surface area contributed by atoms with Gasteiger partial charge >= 0.3 is 0 Å². The number of anilines is 1. The molecule has 0 aliphatic rings. The van der Waals surface area contributed by atoms with Gasteiger partial charge in [0.2, 0.25) is 5.91 Å². The third kappa shape index (κ3) is 4.02. The Kier molecular flexibility index (Phi) is 5.27. The lowest BCUT2D eigenvalue weighted by atomic mass is 10.0. The minimum atomic E-state index is -0.116. The average Bonchev–Trinajstić information content (AvgIpc) is 2.54. The molecule has 0 bridgehead atoms. The molecule has 2 aromatic rings. The van der Waals surface area contributed by atoms with E-state index in [1.54, 1.807) is 24.5 Å². The number of hydrogen-bond acceptors (Lipinski definition) is 2. The lowest BCUT2D eigenvalue weighted by Crippen LogP contribution is -2.11. The molecule has 0 aliphatic heterocycles. The Bertz CT molecular complexity index is 611. The minimum absolute atomic E-state index is 0.116. The number of nitrogens with zero attached hydrogens (tertiary/aromatic N) is 1. The summed E-state index contributed by atoms with van der Waals surface area (Å²) in [5.41, 5.74) is 4.19. The van der Waals surface area contributed by atoms with Crippen LogP contribution >= 0.6 is 0 Å². The molecular weight excluding hydrogens is 260 g/mol. The Labute approximate surface area is 125 Å². The molecule has 0 aliphatic carbocycles. The first-order valence-corrected chi connectivity index (χ1v) is 7.24. The Morgan fingerprint density at radius 3 is 2.43 bits per heavy atom. The third-order valence-corrected chi connectivity index (χ3v) is 3.36. The molecule has 0 radical (unpaired) electrons. The normalized spacial score (nSPS) is 10.8. The lowest BCUT2D eigenvalue weighted by molar-refractivity contribution is -0.111. The smallest absolute Gasteiger partial charge is 0.248 e. The van der Waals surface area contributed by atoms with Gasteiger partial charge in [-0.2, -0.15) is 0 Å². The molecule has 0 spiro atoms. The van der Waals surface area contributed by atoms with Crippen LogP contribution in [-0.2, 0) is 17.6 Å². The van der Waals surface area contributed by atoms with E-state index in [-0.39, 0.29) is 5.91 Å². The number of para-hydroxylation sites is 1. The van der Waals surface area contributed by atoms with Gasteiger partial charge in [0.25, 0.3) is 0 Å². The summed E-state index contributed by atoms with van der Waals surface area (Å²) in [5, 5.41) is 3.01. The molecule has 0 fully saturated rings. The number of carbonyl (C=O) groups is 1. The Balaban J connectivity index is 2.14. The second-order valence-electron chi connectivity index (χ2n) is 4.77. The fourth-order valence-corrected chi connectivity index (χ4v) is 2.21. The van der Waals surface area contributed by atoms with Crippen molar-refractivity contribution in [3.63, 3.8) is 0 Å². The van der Waals surface area contributed by atoms with E-state index in [1.807, 2.05) is 18.2 Å². The van der Waals surface area contributed by atoms with Crippen molar-refractivity contribution >= 4 is 17.7 Å². The van der Waals surface area contributed by atoms with Gasteiger partial charge in [0.05, 0.1) is 0 Å². The third-order valence-electron chi connectivity index (χ3n) is 3.36. The number of carbonyl (C=O) groups excluding carboxylic acids is 1. The van der Waals surface area contributed by atoms with E-state index >= 15 is 0 Å². The lowest BCUT2D eigenvalue weighted by Gasteiger charge is -2.13. The summed E-state index contributed by atoms with van der Waals surface area (Å²) < 4.78 is 0. The van der Waals surface area contributed by atoms with Crippen LogP contribution in [0.25, 0.3) is 6.08 Å². The van der Waals surface area contributed by atoms with Gasteiger partial charge in [0.15, 0.2) is 0 Å². The van der Waals surface area contributed by atoms with Crippen LogP contribution in [0.3, 0.4) is 0 Å². The SMILES string of the molecule is CCc1cccc(CC)c1NC(=O)/C=C/c1cccnc1. The first-order chi connectivity index (χ1) is 10.2. The Morgan fingerprint density at radius 2 is 1.86 bits per heavy atom. The topological polar surface area (TPSA) is 42.0 Å². The molecule has 1 aromatic carbocycles. The average molecular weight is 280 g/mol. The first kappa shape index (κ1) is 15.0. The molecule has 2 rings (SSSR count). The Hall–Kier alpha value is -2.42. The van der Waals surface area contributed by atoms with Gasteiger partial charge in [-0.15, -0.1) is 0 Å². The van der Waals surface area contributed by atoms with E-state index in [2.05, 4.69) is 36.3 Å². The van der Waals surface area contributed by atoms with E-state index < -0.39 is 0 Å². The molecule has 3 nitrogen and oxygen atoms in total. The zero-order valence-electron chi connectivity index (χ0n) is 12.5. The van der Waals surface area contributed by atoms with Crippen LogP contribution in [0.15, 0.2) is 48.8 Å². The molecule has 0 saturated carbocycles. The Morgan fingerprint density at radius 1 is 1.14 bits per heavy atom. The van der Waals surface area contributed by atoms with E-state index in [0.717, 1.165) is 35.2 Å². The van der Waals surface area contributed by atoms with Crippen molar-refractivity contribution in [3.8, 4) is 0 Å². The van der Waals surface area contributed by atoms with E-state index in [9.17, 15) is 4.79 Å². The van der Waals surface area contributed by atoms with E-state index in [0.29, 0.717) is 0 Å². The maximum absolute atomic E-state index is 12.1. The molecular formula is C18H20N2O. The van der Waals surface area contributed by atoms with Crippen LogP contribution in [0.4, 0.5) is 5.69 Å². The van der Waals surface area contributed by atoms with Gasteiger partial charge in [-0.05, 0) is 41.7 Å². The summed E-state index contributed by atoms with van der Waals surface area (Å²) in [7, 11) is 0. The van der Waals surface area contributed by atoms with Gasteiger partial charge in [0, 0.05) is 24.2 Å². The van der Waals surface area contributed by atoms with Crippen molar-refractivity contribution in [1.29, 1.82) is 0 Å². The number of aromatic nitrogens is 1. The number of nitrogens with one attached hydrogen (secondary N) is 1. The monoisotopic (exact) mass is 280 g/mol. The molecule has 108 valence electrons. The zero-order valence-corrected chi connectivity index (χ0v) is 12.5. The predicted molar refractivity (Wildman–Crippen MR) is 87.1 cm³/mol. The number of rotatable bonds is 5. The number of pyridine rings is 1. The van der Waals surface area contributed by atoms with Gasteiger partial charge in [-0.25, -0.2) is 0 Å². The maximum Gasteiger partial charge on any atom is 0.248 e. The molecule has 21 heavy (non-hydrogen) atoms. The van der Waals surface area contributed by atoms with Gasteiger partial charge in [-0.1, -0.05) is 38.1 Å². The molecule has 1 heterocycles. The minimum Gasteiger partial charge on any atom is -0.322 e. The fraction of sp³-hybridized carbons (Fsp3) is 0.222. The summed E-state index contributed by atoms with van der Waals surface area (Å²) in [6.07, 6.45) is 8.54. The van der Waals surface area contributed by atoms with Crippen LogP contribution in [0.5, 0.6) is 0 Å². The zero-order chi connectivity index (χ0) is 15.1. The van der Waals surface area contributed by atoms with Gasteiger partial charge < -0.3 is 5.32 Å². The fourth-order valence-electron chi connectivity index (χ4n) is 2.21. The highest BCUT2D eigenvalue weighted by Crippen LogP contribution is 2.22. The van der Waals surface area contributed by atoms with Gasteiger partial charge in [-0.3, -0.25) is 9.78 Å². The number of aryl methyl sites for hydroxylation is 2. The highest BCUT2D eigenvalue weighted by atomic mass is 16.1. The summed E-state index contributed by atoms with van der Waals surface area (Å²) in [4.78, 5) is 16.1.